The first-order valence-corrected chi connectivity index (χ1v) is 9.64. The Labute approximate surface area is 170 Å². The first-order chi connectivity index (χ1) is 13.0. The summed E-state index contributed by atoms with van der Waals surface area (Å²) in [6.07, 6.45) is 0. The van der Waals surface area contributed by atoms with Gasteiger partial charge in [0, 0.05) is 28.1 Å². The van der Waals surface area contributed by atoms with Gasteiger partial charge in [-0.25, -0.2) is 0 Å². The molecule has 3 rings (SSSR count). The van der Waals surface area contributed by atoms with E-state index in [-0.39, 0.29) is 17.7 Å². The van der Waals surface area contributed by atoms with Crippen LogP contribution in [0, 0.1) is 0 Å². The zero-order valence-corrected chi connectivity index (χ0v) is 16.5. The van der Waals surface area contributed by atoms with Gasteiger partial charge >= 0.3 is 0 Å². The number of rotatable bonds is 6. The molecule has 3 aromatic carbocycles. The molecule has 0 aliphatic heterocycles. The van der Waals surface area contributed by atoms with Gasteiger partial charge in [-0.3, -0.25) is 4.79 Å². The van der Waals surface area contributed by atoms with E-state index in [1.54, 1.807) is 0 Å². The van der Waals surface area contributed by atoms with E-state index in [1.807, 2.05) is 78.9 Å². The summed E-state index contributed by atoms with van der Waals surface area (Å²) < 4.78 is 0. The number of hydrogen-bond acceptors (Lipinski definition) is 1. The van der Waals surface area contributed by atoms with Crippen molar-refractivity contribution in [1.29, 1.82) is 0 Å². The highest BCUT2D eigenvalue weighted by Gasteiger charge is 2.22. The van der Waals surface area contributed by atoms with Crippen LogP contribution in [0.25, 0.3) is 0 Å². The molecule has 1 amide bonds. The minimum Gasteiger partial charge on any atom is -0.351 e. The van der Waals surface area contributed by atoms with Gasteiger partial charge in [-0.05, 0) is 53.4 Å². The van der Waals surface area contributed by atoms with Crippen molar-refractivity contribution in [3.63, 3.8) is 0 Å². The summed E-state index contributed by atoms with van der Waals surface area (Å²) in [6.45, 7) is 2.69. The maximum absolute atomic E-state index is 12.5. The summed E-state index contributed by atoms with van der Waals surface area (Å²) in [5.74, 6) is 0.230. The molecule has 3 aromatic rings. The lowest BCUT2D eigenvalue weighted by atomic mass is 9.82. The number of hydrogen-bond donors (Lipinski definition) is 1. The summed E-state index contributed by atoms with van der Waals surface area (Å²) in [6, 6.07) is 24.9. The second-order valence-electron chi connectivity index (χ2n) is 6.57. The van der Waals surface area contributed by atoms with Crippen LogP contribution in [0.5, 0.6) is 0 Å². The number of nitrogens with one attached hydrogen (secondary N) is 1. The third-order valence-corrected chi connectivity index (χ3v) is 5.32. The lowest BCUT2D eigenvalue weighted by molar-refractivity contribution is 0.0950. The van der Waals surface area contributed by atoms with Gasteiger partial charge < -0.3 is 5.32 Å². The molecule has 0 spiro atoms. The van der Waals surface area contributed by atoms with E-state index >= 15 is 0 Å². The van der Waals surface area contributed by atoms with Crippen molar-refractivity contribution < 1.29 is 4.79 Å². The highest BCUT2D eigenvalue weighted by molar-refractivity contribution is 6.30. The number of benzene rings is 3. The van der Waals surface area contributed by atoms with E-state index in [9.17, 15) is 4.79 Å². The van der Waals surface area contributed by atoms with Gasteiger partial charge in [0.15, 0.2) is 0 Å². The second kappa shape index (κ2) is 9.07. The second-order valence-corrected chi connectivity index (χ2v) is 7.45. The summed E-state index contributed by atoms with van der Waals surface area (Å²) in [4.78, 5) is 12.5. The number of carbonyl (C=O) groups is 1. The molecule has 0 saturated heterocycles. The first-order valence-electron chi connectivity index (χ1n) is 8.89. The monoisotopic (exact) mass is 397 g/mol. The molecule has 2 unspecified atom stereocenters. The topological polar surface area (TPSA) is 29.1 Å². The van der Waals surface area contributed by atoms with Crippen LogP contribution < -0.4 is 5.32 Å². The van der Waals surface area contributed by atoms with E-state index in [0.29, 0.717) is 22.2 Å². The van der Waals surface area contributed by atoms with Crippen molar-refractivity contribution in [2.45, 2.75) is 18.8 Å². The van der Waals surface area contributed by atoms with Crippen molar-refractivity contribution >= 4 is 29.1 Å². The maximum Gasteiger partial charge on any atom is 0.251 e. The highest BCUT2D eigenvalue weighted by atomic mass is 35.5. The third-order valence-electron chi connectivity index (χ3n) is 4.82. The number of amides is 1. The Morgan fingerprint density at radius 1 is 0.815 bits per heavy atom. The molecule has 2 atom stereocenters. The predicted octanol–water partition coefficient (Wildman–Crippen LogP) is 6.31. The molecule has 0 heterocycles. The molecular weight excluding hydrogens is 377 g/mol. The van der Waals surface area contributed by atoms with Gasteiger partial charge in [-0.15, -0.1) is 0 Å². The number of halogens is 2. The molecule has 0 radical (unpaired) electrons. The van der Waals surface area contributed by atoms with Crippen LogP contribution in [0.15, 0.2) is 78.9 Å². The minimum absolute atomic E-state index is 0.0714. The van der Waals surface area contributed by atoms with Crippen LogP contribution >= 0.6 is 23.2 Å². The molecule has 138 valence electrons. The summed E-state index contributed by atoms with van der Waals surface area (Å²) in [7, 11) is 0. The normalized spacial score (nSPS) is 13.0. The Kier molecular flexibility index (Phi) is 6.54. The summed E-state index contributed by atoms with van der Waals surface area (Å²) in [5, 5.41) is 4.49. The minimum atomic E-state index is -0.0714. The Morgan fingerprint density at radius 3 is 1.89 bits per heavy atom. The molecule has 0 aromatic heterocycles. The van der Waals surface area contributed by atoms with Gasteiger partial charge in [-0.2, -0.15) is 0 Å². The molecule has 1 N–H and O–H groups in total. The van der Waals surface area contributed by atoms with E-state index in [0.717, 1.165) is 5.56 Å². The first kappa shape index (κ1) is 19.5. The lowest BCUT2D eigenvalue weighted by Crippen LogP contribution is -2.30. The average Bonchev–Trinajstić information content (AvgIpc) is 2.70. The smallest absolute Gasteiger partial charge is 0.251 e. The van der Waals surface area contributed by atoms with Crippen molar-refractivity contribution in [2.24, 2.45) is 0 Å². The van der Waals surface area contributed by atoms with Crippen molar-refractivity contribution in [1.82, 2.24) is 5.32 Å². The van der Waals surface area contributed by atoms with Gasteiger partial charge in [0.05, 0.1) is 0 Å². The quantitative estimate of drug-likeness (QED) is 0.518. The number of carbonyl (C=O) groups excluding carboxylic acids is 1. The van der Waals surface area contributed by atoms with Crippen LogP contribution in [-0.2, 0) is 0 Å². The highest BCUT2D eigenvalue weighted by Crippen LogP contribution is 2.33. The van der Waals surface area contributed by atoms with Gasteiger partial charge in [0.1, 0.15) is 0 Å². The standard InChI is InChI=1S/C23H21Cl2NO/c1-16(17-7-11-20(24)12-8-17)22(18-9-13-21(25)14-10-18)15-26-23(27)19-5-3-2-4-6-19/h2-14,16,22H,15H2,1H3,(H,26,27). The van der Waals surface area contributed by atoms with Crippen molar-refractivity contribution in [2.75, 3.05) is 6.54 Å². The fourth-order valence-electron chi connectivity index (χ4n) is 3.19. The zero-order valence-electron chi connectivity index (χ0n) is 15.0. The Hall–Kier alpha value is -2.29. The Balaban J connectivity index is 1.82. The molecule has 2 nitrogen and oxygen atoms in total. The van der Waals surface area contributed by atoms with Gasteiger partial charge in [-0.1, -0.05) is 72.6 Å². The van der Waals surface area contributed by atoms with E-state index in [2.05, 4.69) is 12.2 Å². The average molecular weight is 398 g/mol. The SMILES string of the molecule is CC(c1ccc(Cl)cc1)C(CNC(=O)c1ccccc1)c1ccc(Cl)cc1. The molecule has 0 saturated carbocycles. The van der Waals surface area contributed by atoms with Crippen molar-refractivity contribution in [3.8, 4) is 0 Å². The zero-order chi connectivity index (χ0) is 19.2. The molecular formula is C23H21Cl2NO. The van der Waals surface area contributed by atoms with Crippen LogP contribution in [0.3, 0.4) is 0 Å². The Morgan fingerprint density at radius 2 is 1.33 bits per heavy atom. The van der Waals surface area contributed by atoms with Gasteiger partial charge in [0.25, 0.3) is 5.91 Å². The van der Waals surface area contributed by atoms with Crippen LogP contribution in [-0.4, -0.2) is 12.5 Å². The van der Waals surface area contributed by atoms with Crippen LogP contribution in [0.4, 0.5) is 0 Å². The molecule has 4 heteroatoms. The molecule has 0 aliphatic carbocycles. The van der Waals surface area contributed by atoms with E-state index in [4.69, 9.17) is 23.2 Å². The van der Waals surface area contributed by atoms with E-state index < -0.39 is 0 Å². The molecule has 0 aliphatic rings. The largest absolute Gasteiger partial charge is 0.351 e. The van der Waals surface area contributed by atoms with Crippen LogP contribution in [0.2, 0.25) is 10.0 Å². The van der Waals surface area contributed by atoms with Crippen molar-refractivity contribution in [3.05, 3.63) is 106 Å². The summed E-state index contributed by atoms with van der Waals surface area (Å²) in [5.41, 5.74) is 2.97. The Bertz CT molecular complexity index is 877. The van der Waals surface area contributed by atoms with E-state index in [1.165, 1.54) is 5.56 Å². The lowest BCUT2D eigenvalue weighted by Gasteiger charge is -2.25. The fraction of sp³-hybridized carbons (Fsp3) is 0.174. The third kappa shape index (κ3) is 5.12. The molecule has 27 heavy (non-hydrogen) atoms. The predicted molar refractivity (Wildman–Crippen MR) is 113 cm³/mol. The van der Waals surface area contributed by atoms with Gasteiger partial charge in [0.2, 0.25) is 0 Å². The summed E-state index contributed by atoms with van der Waals surface area (Å²) >= 11 is 12.1. The molecule has 0 fully saturated rings. The van der Waals surface area contributed by atoms with Crippen LogP contribution in [0.1, 0.15) is 40.2 Å². The molecule has 0 bridgehead atoms. The fourth-order valence-corrected chi connectivity index (χ4v) is 3.44. The maximum atomic E-state index is 12.5.